The van der Waals surface area contributed by atoms with E-state index in [0.717, 1.165) is 43.2 Å². The molecule has 0 unspecified atom stereocenters. The van der Waals surface area contributed by atoms with Crippen LogP contribution in [0.1, 0.15) is 40.6 Å². The minimum absolute atomic E-state index is 0.579. The summed E-state index contributed by atoms with van der Waals surface area (Å²) in [6.07, 6.45) is 1.90. The summed E-state index contributed by atoms with van der Waals surface area (Å²) in [5.74, 6) is 1.70. The minimum Gasteiger partial charge on any atom is -0.496 e. The number of thiazole rings is 1. The second-order valence-corrected chi connectivity index (χ2v) is 7.44. The van der Waals surface area contributed by atoms with Gasteiger partial charge in [-0.05, 0) is 38.8 Å². The van der Waals surface area contributed by atoms with E-state index in [1.165, 1.54) is 21.1 Å². The molecule has 5 nitrogen and oxygen atoms in total. The highest BCUT2D eigenvalue weighted by molar-refractivity contribution is 7.11. The molecule has 1 aromatic heterocycles. The van der Waals surface area contributed by atoms with Gasteiger partial charge in [-0.2, -0.15) is 0 Å². The van der Waals surface area contributed by atoms with Crippen LogP contribution in [0.3, 0.4) is 0 Å². The van der Waals surface area contributed by atoms with E-state index in [0.29, 0.717) is 6.54 Å². The van der Waals surface area contributed by atoms with Gasteiger partial charge in [0.2, 0.25) is 0 Å². The lowest BCUT2D eigenvalue weighted by Crippen LogP contribution is -2.38. The summed E-state index contributed by atoms with van der Waals surface area (Å²) in [5, 5.41) is 7.88. The van der Waals surface area contributed by atoms with E-state index < -0.39 is 0 Å². The quantitative estimate of drug-likeness (QED) is 0.547. The highest BCUT2D eigenvalue weighted by atomic mass is 32.1. The van der Waals surface area contributed by atoms with Crippen molar-refractivity contribution in [2.75, 3.05) is 20.2 Å². The second kappa shape index (κ2) is 10.2. The molecule has 0 radical (unpaired) electrons. The molecule has 2 N–H and O–H groups in total. The number of aromatic nitrogens is 1. The molecule has 0 aliphatic carbocycles. The number of nitrogens with zero attached hydrogens (tertiary/aromatic N) is 2. The van der Waals surface area contributed by atoms with Crippen LogP contribution in [-0.4, -0.2) is 31.1 Å². The third-order valence-electron chi connectivity index (χ3n) is 4.10. The first-order chi connectivity index (χ1) is 12.6. The zero-order chi connectivity index (χ0) is 18.9. The number of aliphatic imine (C=N–C) groups is 1. The van der Waals surface area contributed by atoms with Crippen LogP contribution in [0.4, 0.5) is 0 Å². The Morgan fingerprint density at radius 1 is 1.23 bits per heavy atom. The van der Waals surface area contributed by atoms with Crippen LogP contribution in [0.5, 0.6) is 5.75 Å². The Hall–Kier alpha value is -2.08. The number of ether oxygens (including phenoxy) is 1. The number of hydrogen-bond acceptors (Lipinski definition) is 4. The number of nitrogens with one attached hydrogen (secondary N) is 2. The van der Waals surface area contributed by atoms with E-state index in [4.69, 9.17) is 9.72 Å². The molecule has 0 atom stereocenters. The van der Waals surface area contributed by atoms with Crippen molar-refractivity contribution in [3.63, 3.8) is 0 Å². The molecule has 0 saturated heterocycles. The Kier molecular flexibility index (Phi) is 7.91. The van der Waals surface area contributed by atoms with Crippen molar-refractivity contribution in [1.82, 2.24) is 15.6 Å². The van der Waals surface area contributed by atoms with Gasteiger partial charge in [-0.25, -0.2) is 9.98 Å². The van der Waals surface area contributed by atoms with E-state index >= 15 is 0 Å². The van der Waals surface area contributed by atoms with Crippen LogP contribution in [0.25, 0.3) is 0 Å². The van der Waals surface area contributed by atoms with Crippen LogP contribution in [-0.2, 0) is 19.4 Å². The summed E-state index contributed by atoms with van der Waals surface area (Å²) in [7, 11) is 1.70. The summed E-state index contributed by atoms with van der Waals surface area (Å²) in [6, 6.07) is 6.21. The molecule has 0 bridgehead atoms. The Bertz CT molecular complexity index is 739. The summed E-state index contributed by atoms with van der Waals surface area (Å²) in [6.45, 7) is 10.6. The van der Waals surface area contributed by atoms with Gasteiger partial charge in [0.1, 0.15) is 5.75 Å². The molecule has 1 aromatic carbocycles. The number of methoxy groups -OCH3 is 1. The van der Waals surface area contributed by atoms with Crippen molar-refractivity contribution >= 4 is 17.3 Å². The first-order valence-electron chi connectivity index (χ1n) is 9.18. The molecular weight excluding hydrogens is 344 g/mol. The van der Waals surface area contributed by atoms with Crippen LogP contribution in [0, 0.1) is 13.8 Å². The largest absolute Gasteiger partial charge is 0.496 e. The van der Waals surface area contributed by atoms with Gasteiger partial charge in [-0.15, -0.1) is 11.3 Å². The number of benzene rings is 1. The molecule has 26 heavy (non-hydrogen) atoms. The fourth-order valence-corrected chi connectivity index (χ4v) is 3.72. The third-order valence-corrected chi connectivity index (χ3v) is 5.17. The molecule has 0 aliphatic rings. The molecule has 142 valence electrons. The molecule has 2 aromatic rings. The van der Waals surface area contributed by atoms with Gasteiger partial charge in [0.05, 0.1) is 24.4 Å². The molecular formula is C20H30N4OS. The first-order valence-corrected chi connectivity index (χ1v) is 9.99. The van der Waals surface area contributed by atoms with Gasteiger partial charge in [0.25, 0.3) is 0 Å². The van der Waals surface area contributed by atoms with E-state index in [9.17, 15) is 0 Å². The topological polar surface area (TPSA) is 58.5 Å². The lowest BCUT2D eigenvalue weighted by Gasteiger charge is -2.12. The van der Waals surface area contributed by atoms with Crippen LogP contribution < -0.4 is 15.4 Å². The van der Waals surface area contributed by atoms with Gasteiger partial charge in [-0.3, -0.25) is 0 Å². The Morgan fingerprint density at radius 3 is 2.69 bits per heavy atom. The zero-order valence-corrected chi connectivity index (χ0v) is 17.3. The van der Waals surface area contributed by atoms with Crippen molar-refractivity contribution in [2.24, 2.45) is 4.99 Å². The molecule has 0 spiro atoms. The normalized spacial score (nSPS) is 11.5. The average Bonchev–Trinajstić information content (AvgIpc) is 3.00. The maximum Gasteiger partial charge on any atom is 0.191 e. The Morgan fingerprint density at radius 2 is 2.04 bits per heavy atom. The molecule has 0 aliphatic heterocycles. The third kappa shape index (κ3) is 5.73. The van der Waals surface area contributed by atoms with Gasteiger partial charge in [-0.1, -0.05) is 19.1 Å². The first kappa shape index (κ1) is 20.2. The summed E-state index contributed by atoms with van der Waals surface area (Å²) in [5.41, 5.74) is 3.49. The van der Waals surface area contributed by atoms with Gasteiger partial charge in [0, 0.05) is 30.0 Å². The predicted molar refractivity (Wildman–Crippen MR) is 110 cm³/mol. The van der Waals surface area contributed by atoms with Crippen LogP contribution in [0.2, 0.25) is 0 Å². The average molecular weight is 375 g/mol. The maximum atomic E-state index is 5.46. The van der Waals surface area contributed by atoms with Gasteiger partial charge >= 0.3 is 0 Å². The van der Waals surface area contributed by atoms with Gasteiger partial charge < -0.3 is 15.4 Å². The fourth-order valence-electron chi connectivity index (χ4n) is 2.70. The van der Waals surface area contributed by atoms with E-state index in [-0.39, 0.29) is 0 Å². The number of guanidine groups is 1. The van der Waals surface area contributed by atoms with Gasteiger partial charge in [0.15, 0.2) is 5.96 Å². The number of aryl methyl sites for hydroxylation is 3. The standard InChI is InChI=1S/C20H30N4OS/c1-6-17-15(4)26-19(24-17)10-11-22-20(21-7-2)23-13-16-9-8-14(3)12-18(16)25-5/h8-9,12H,6-7,10-11,13H2,1-5H3,(H2,21,22,23). The minimum atomic E-state index is 0.579. The highest BCUT2D eigenvalue weighted by Crippen LogP contribution is 2.20. The summed E-state index contributed by atoms with van der Waals surface area (Å²) >= 11 is 1.79. The SMILES string of the molecule is CCNC(=NCc1ccc(C)cc1OC)NCCc1nc(CC)c(C)s1. The van der Waals surface area contributed by atoms with Crippen LogP contribution >= 0.6 is 11.3 Å². The van der Waals surface area contributed by atoms with E-state index in [1.807, 2.05) is 6.07 Å². The Labute approximate surface area is 160 Å². The Balaban J connectivity index is 1.95. The van der Waals surface area contributed by atoms with Crippen molar-refractivity contribution in [2.45, 2.75) is 47.1 Å². The lowest BCUT2D eigenvalue weighted by atomic mass is 10.1. The second-order valence-electron chi connectivity index (χ2n) is 6.15. The lowest BCUT2D eigenvalue weighted by molar-refractivity contribution is 0.409. The van der Waals surface area contributed by atoms with Crippen molar-refractivity contribution in [3.05, 3.63) is 44.9 Å². The van der Waals surface area contributed by atoms with Crippen molar-refractivity contribution in [3.8, 4) is 5.75 Å². The smallest absolute Gasteiger partial charge is 0.191 e. The fraction of sp³-hybridized carbons (Fsp3) is 0.500. The molecule has 1 heterocycles. The van der Waals surface area contributed by atoms with Crippen molar-refractivity contribution < 1.29 is 4.74 Å². The highest BCUT2D eigenvalue weighted by Gasteiger charge is 2.07. The molecule has 2 rings (SSSR count). The summed E-state index contributed by atoms with van der Waals surface area (Å²) < 4.78 is 5.46. The summed E-state index contributed by atoms with van der Waals surface area (Å²) in [4.78, 5) is 10.7. The van der Waals surface area contributed by atoms with Crippen molar-refractivity contribution in [1.29, 1.82) is 0 Å². The van der Waals surface area contributed by atoms with E-state index in [2.05, 4.69) is 55.5 Å². The monoisotopic (exact) mass is 374 g/mol. The molecule has 0 saturated carbocycles. The molecule has 0 amide bonds. The zero-order valence-electron chi connectivity index (χ0n) is 16.5. The maximum absolute atomic E-state index is 5.46. The molecule has 6 heteroatoms. The van der Waals surface area contributed by atoms with Crippen LogP contribution in [0.15, 0.2) is 23.2 Å². The molecule has 0 fully saturated rings. The predicted octanol–water partition coefficient (Wildman–Crippen LogP) is 3.63. The number of hydrogen-bond donors (Lipinski definition) is 2. The number of rotatable bonds is 8. The van der Waals surface area contributed by atoms with E-state index in [1.54, 1.807) is 18.4 Å².